The van der Waals surface area contributed by atoms with Crippen molar-refractivity contribution in [3.63, 3.8) is 0 Å². The van der Waals surface area contributed by atoms with E-state index in [-0.39, 0.29) is 18.0 Å². The van der Waals surface area contributed by atoms with Crippen molar-refractivity contribution in [1.82, 2.24) is 9.97 Å². The highest BCUT2D eigenvalue weighted by Crippen LogP contribution is 2.30. The van der Waals surface area contributed by atoms with E-state index in [4.69, 9.17) is 5.73 Å². The Kier molecular flexibility index (Phi) is 7.55. The number of aliphatic hydroxyl groups excluding tert-OH is 1. The van der Waals surface area contributed by atoms with E-state index in [1.165, 1.54) is 6.20 Å². The lowest BCUT2D eigenvalue weighted by Crippen LogP contribution is -2.55. The van der Waals surface area contributed by atoms with Gasteiger partial charge >= 0.3 is 5.97 Å². The topological polar surface area (TPSA) is 119 Å². The van der Waals surface area contributed by atoms with Gasteiger partial charge in [-0.25, -0.2) is 22.9 Å². The van der Waals surface area contributed by atoms with Crippen LogP contribution in [0.15, 0.2) is 42.7 Å². The van der Waals surface area contributed by atoms with Crippen molar-refractivity contribution in [2.75, 3.05) is 25.1 Å². The first-order valence-electron chi connectivity index (χ1n) is 11.5. The van der Waals surface area contributed by atoms with Gasteiger partial charge in [0.15, 0.2) is 5.78 Å². The highest BCUT2D eigenvalue weighted by atomic mass is 19.1. The molecule has 1 fully saturated rings. The summed E-state index contributed by atoms with van der Waals surface area (Å²) in [4.78, 5) is 34.7. The summed E-state index contributed by atoms with van der Waals surface area (Å²) in [7, 11) is 1.06. The lowest BCUT2D eigenvalue weighted by atomic mass is 9.92. The Balaban J connectivity index is 1.64. The van der Waals surface area contributed by atoms with Crippen LogP contribution in [0.3, 0.4) is 0 Å². The third kappa shape index (κ3) is 5.32. The summed E-state index contributed by atoms with van der Waals surface area (Å²) in [5.74, 6) is -5.11. The molecule has 8 nitrogen and oxygen atoms in total. The Labute approximate surface area is 210 Å². The fraction of sp³-hybridized carbons (Fsp3) is 0.308. The summed E-state index contributed by atoms with van der Waals surface area (Å²) in [6.07, 6.45) is 2.27. The van der Waals surface area contributed by atoms with Crippen LogP contribution >= 0.6 is 0 Å². The standard InChI is InChI=1S/C26H25F3N4O4/c1-13-11-33(12-19(30)25(13)35)21-5-6-31-10-15(21)9-22(34)20-4-3-16(27)24(32-20)23-17(28)7-14(8-18(23)29)26(36)37-2/h3-8,10,13,19,25,35H,9,11-12,30H2,1-2H3/t13-,19+,25+/m0/s1. The van der Waals surface area contributed by atoms with Gasteiger partial charge in [-0.1, -0.05) is 6.92 Å². The van der Waals surface area contributed by atoms with Gasteiger partial charge < -0.3 is 20.5 Å². The van der Waals surface area contributed by atoms with E-state index in [0.29, 0.717) is 36.5 Å². The number of ether oxygens (including phenoxy) is 1. The van der Waals surface area contributed by atoms with Gasteiger partial charge in [-0.05, 0) is 30.3 Å². The number of aromatic nitrogens is 2. The van der Waals surface area contributed by atoms with Crippen molar-refractivity contribution in [1.29, 1.82) is 0 Å². The zero-order valence-electron chi connectivity index (χ0n) is 20.1. The number of carbonyl (C=O) groups is 2. The number of ketones is 1. The highest BCUT2D eigenvalue weighted by Gasteiger charge is 2.32. The molecule has 2 aromatic heterocycles. The number of anilines is 1. The number of carbonyl (C=O) groups excluding carboxylic acids is 2. The lowest BCUT2D eigenvalue weighted by molar-refractivity contribution is 0.0599. The summed E-state index contributed by atoms with van der Waals surface area (Å²) in [6, 6.07) is 4.71. The summed E-state index contributed by atoms with van der Waals surface area (Å²) in [6.45, 7) is 2.76. The summed E-state index contributed by atoms with van der Waals surface area (Å²) < 4.78 is 48.5. The molecule has 11 heteroatoms. The Morgan fingerprint density at radius 1 is 1.14 bits per heavy atom. The molecule has 0 aliphatic carbocycles. The number of halogens is 3. The average molecular weight is 515 g/mol. The molecule has 1 aliphatic rings. The second-order valence-electron chi connectivity index (χ2n) is 8.97. The molecular formula is C26H25F3N4O4. The lowest BCUT2D eigenvalue weighted by Gasteiger charge is -2.40. The molecule has 1 aliphatic heterocycles. The number of hydrogen-bond acceptors (Lipinski definition) is 8. The van der Waals surface area contributed by atoms with E-state index in [0.717, 1.165) is 19.2 Å². The second-order valence-corrected chi connectivity index (χ2v) is 8.97. The van der Waals surface area contributed by atoms with Crippen LogP contribution in [0, 0.1) is 23.4 Å². The van der Waals surface area contributed by atoms with E-state index in [1.54, 1.807) is 12.3 Å². The van der Waals surface area contributed by atoms with E-state index in [2.05, 4.69) is 14.7 Å². The normalized spacial score (nSPS) is 19.5. The third-order valence-corrected chi connectivity index (χ3v) is 6.36. The number of piperidine rings is 1. The maximum atomic E-state index is 14.7. The van der Waals surface area contributed by atoms with E-state index < -0.39 is 58.2 Å². The minimum Gasteiger partial charge on any atom is -0.465 e. The summed E-state index contributed by atoms with van der Waals surface area (Å²) in [5, 5.41) is 10.2. The van der Waals surface area contributed by atoms with Crippen molar-refractivity contribution in [3.8, 4) is 11.3 Å². The van der Waals surface area contributed by atoms with Gasteiger partial charge in [-0.15, -0.1) is 0 Å². The van der Waals surface area contributed by atoms with Gasteiger partial charge in [0.05, 0.1) is 24.3 Å². The van der Waals surface area contributed by atoms with Crippen molar-refractivity contribution in [3.05, 3.63) is 77.0 Å². The predicted octanol–water partition coefficient (Wildman–Crippen LogP) is 2.92. The van der Waals surface area contributed by atoms with Crippen LogP contribution in [0.25, 0.3) is 11.3 Å². The Bertz CT molecular complexity index is 1320. The van der Waals surface area contributed by atoms with Crippen LogP contribution in [-0.4, -0.2) is 59.2 Å². The molecule has 0 saturated carbocycles. The molecule has 3 N–H and O–H groups in total. The maximum Gasteiger partial charge on any atom is 0.338 e. The largest absolute Gasteiger partial charge is 0.465 e. The maximum absolute atomic E-state index is 14.7. The first-order valence-corrected chi connectivity index (χ1v) is 11.5. The van der Waals surface area contributed by atoms with Crippen LogP contribution in [-0.2, 0) is 11.2 Å². The molecule has 0 amide bonds. The van der Waals surface area contributed by atoms with Gasteiger partial charge in [0.1, 0.15) is 28.8 Å². The fourth-order valence-corrected chi connectivity index (χ4v) is 4.45. The number of hydrogen-bond donors (Lipinski definition) is 2. The van der Waals surface area contributed by atoms with Crippen LogP contribution in [0.5, 0.6) is 0 Å². The van der Waals surface area contributed by atoms with Gasteiger partial charge in [0.2, 0.25) is 0 Å². The monoisotopic (exact) mass is 514 g/mol. The van der Waals surface area contributed by atoms with E-state index in [1.807, 2.05) is 11.8 Å². The van der Waals surface area contributed by atoms with E-state index in [9.17, 15) is 27.9 Å². The molecule has 194 valence electrons. The molecule has 0 radical (unpaired) electrons. The second kappa shape index (κ2) is 10.7. The Morgan fingerprint density at radius 2 is 1.84 bits per heavy atom. The first kappa shape index (κ1) is 26.2. The number of rotatable bonds is 6. The molecule has 37 heavy (non-hydrogen) atoms. The molecule has 3 atom stereocenters. The van der Waals surface area contributed by atoms with Crippen molar-refractivity contribution < 1.29 is 32.6 Å². The fourth-order valence-electron chi connectivity index (χ4n) is 4.45. The van der Waals surface area contributed by atoms with Crippen molar-refractivity contribution >= 4 is 17.4 Å². The molecule has 3 heterocycles. The average Bonchev–Trinajstić information content (AvgIpc) is 2.87. The number of methoxy groups -OCH3 is 1. The van der Waals surface area contributed by atoms with Gasteiger partial charge in [-0.2, -0.15) is 0 Å². The molecule has 1 saturated heterocycles. The number of pyridine rings is 2. The molecule has 0 unspecified atom stereocenters. The van der Waals surface area contributed by atoms with Gasteiger partial charge in [0.25, 0.3) is 0 Å². The Morgan fingerprint density at radius 3 is 2.49 bits per heavy atom. The minimum atomic E-state index is -1.23. The quantitative estimate of drug-likeness (QED) is 0.381. The summed E-state index contributed by atoms with van der Waals surface area (Å²) >= 11 is 0. The number of aliphatic hydroxyl groups is 1. The van der Waals surface area contributed by atoms with Crippen LogP contribution in [0.1, 0.15) is 33.3 Å². The molecule has 0 bridgehead atoms. The molecule has 1 aromatic carbocycles. The number of benzene rings is 1. The SMILES string of the molecule is COC(=O)c1cc(F)c(-c2nc(C(=O)Cc3cnccc3N3C[C@@H](N)[C@H](O)[C@@H](C)C3)ccc2F)c(F)c1. The molecule has 3 aromatic rings. The number of nitrogens with two attached hydrogens (primary N) is 1. The van der Waals surface area contributed by atoms with Crippen molar-refractivity contribution in [2.24, 2.45) is 11.7 Å². The zero-order chi connectivity index (χ0) is 26.9. The molecule has 4 rings (SSSR count). The molecule has 0 spiro atoms. The number of Topliss-reactive ketones (excluding diaryl/α,β-unsaturated/α-hetero) is 1. The first-order chi connectivity index (χ1) is 17.6. The smallest absolute Gasteiger partial charge is 0.338 e. The van der Waals surface area contributed by atoms with Crippen molar-refractivity contribution in [2.45, 2.75) is 25.5 Å². The number of nitrogens with zero attached hydrogens (tertiary/aromatic N) is 3. The summed E-state index contributed by atoms with van der Waals surface area (Å²) in [5.41, 5.74) is 5.22. The minimum absolute atomic E-state index is 0.0999. The van der Waals surface area contributed by atoms with E-state index >= 15 is 0 Å². The van der Waals surface area contributed by atoms with Crippen LogP contribution in [0.4, 0.5) is 18.9 Å². The highest BCUT2D eigenvalue weighted by molar-refractivity contribution is 5.97. The molecular weight excluding hydrogens is 489 g/mol. The van der Waals surface area contributed by atoms with Gasteiger partial charge in [-0.3, -0.25) is 9.78 Å². The zero-order valence-corrected chi connectivity index (χ0v) is 20.1. The number of esters is 1. The van der Waals surface area contributed by atoms with Gasteiger partial charge in [0, 0.05) is 55.1 Å². The predicted molar refractivity (Wildman–Crippen MR) is 129 cm³/mol. The van der Waals surface area contributed by atoms with Crippen LogP contribution in [0.2, 0.25) is 0 Å². The third-order valence-electron chi connectivity index (χ3n) is 6.36. The van der Waals surface area contributed by atoms with Crippen LogP contribution < -0.4 is 10.6 Å². The Hall–Kier alpha value is -3.83.